The summed E-state index contributed by atoms with van der Waals surface area (Å²) >= 11 is 1.26. The summed E-state index contributed by atoms with van der Waals surface area (Å²) in [5.74, 6) is -1.93. The number of hydrogen-bond donors (Lipinski definition) is 2. The number of nitrogens with one attached hydrogen (secondary N) is 1. The van der Waals surface area contributed by atoms with Gasteiger partial charge < -0.3 is 5.11 Å². The molecule has 0 bridgehead atoms. The topological polar surface area (TPSA) is 49.3 Å². The zero-order chi connectivity index (χ0) is 12.4. The number of rotatable bonds is 4. The van der Waals surface area contributed by atoms with Gasteiger partial charge in [-0.3, -0.25) is 5.32 Å². The van der Waals surface area contributed by atoms with Gasteiger partial charge in [0.05, 0.1) is 0 Å². The first-order valence-corrected chi connectivity index (χ1v) is 5.23. The normalized spacial score (nSPS) is 15.8. The van der Waals surface area contributed by atoms with Crippen molar-refractivity contribution in [1.82, 2.24) is 5.32 Å². The third-order valence-corrected chi connectivity index (χ3v) is 3.07. The van der Waals surface area contributed by atoms with Crippen LogP contribution < -0.4 is 5.32 Å². The highest BCUT2D eigenvalue weighted by Crippen LogP contribution is 2.30. The van der Waals surface area contributed by atoms with E-state index in [4.69, 9.17) is 5.11 Å². The second-order valence-corrected chi connectivity index (χ2v) is 4.39. The SMILES string of the molecule is CC(NCc1cccs1)(C(=O)O)C(F)(F)F. The maximum Gasteiger partial charge on any atom is 0.417 e. The zero-order valence-corrected chi connectivity index (χ0v) is 9.15. The maximum atomic E-state index is 12.5. The van der Waals surface area contributed by atoms with Crippen LogP contribution in [-0.4, -0.2) is 22.8 Å². The first kappa shape index (κ1) is 13.0. The van der Waals surface area contributed by atoms with Gasteiger partial charge >= 0.3 is 12.1 Å². The van der Waals surface area contributed by atoms with Crippen molar-refractivity contribution >= 4 is 17.3 Å². The van der Waals surface area contributed by atoms with Gasteiger partial charge in [0, 0.05) is 11.4 Å². The molecule has 1 unspecified atom stereocenters. The van der Waals surface area contributed by atoms with Crippen LogP contribution in [0, 0.1) is 0 Å². The molecule has 1 heterocycles. The fraction of sp³-hybridized carbons (Fsp3) is 0.444. The minimum atomic E-state index is -4.84. The molecule has 0 aliphatic carbocycles. The Bertz CT molecular complexity index is 363. The minimum Gasteiger partial charge on any atom is -0.480 e. The molecule has 0 fully saturated rings. The lowest BCUT2D eigenvalue weighted by Gasteiger charge is -2.28. The van der Waals surface area contributed by atoms with E-state index in [0.717, 1.165) is 0 Å². The largest absolute Gasteiger partial charge is 0.480 e. The Morgan fingerprint density at radius 1 is 1.56 bits per heavy atom. The van der Waals surface area contributed by atoms with Gasteiger partial charge in [-0.15, -0.1) is 11.3 Å². The Labute approximate surface area is 93.9 Å². The molecule has 0 aliphatic rings. The zero-order valence-electron chi connectivity index (χ0n) is 8.34. The summed E-state index contributed by atoms with van der Waals surface area (Å²) in [7, 11) is 0. The van der Waals surface area contributed by atoms with Gasteiger partial charge in [0.15, 0.2) is 0 Å². The Morgan fingerprint density at radius 2 is 2.19 bits per heavy atom. The standard InChI is InChI=1S/C9H10F3NO2S/c1-8(7(14)15,9(10,11)12)13-5-6-3-2-4-16-6/h2-4,13H,5H2,1H3,(H,14,15). The average Bonchev–Trinajstić information content (AvgIpc) is 2.64. The van der Waals surface area contributed by atoms with Crippen molar-refractivity contribution in [3.05, 3.63) is 22.4 Å². The Morgan fingerprint density at radius 3 is 2.56 bits per heavy atom. The smallest absolute Gasteiger partial charge is 0.417 e. The molecule has 0 spiro atoms. The Hall–Kier alpha value is -1.08. The first-order chi connectivity index (χ1) is 7.27. The second-order valence-electron chi connectivity index (χ2n) is 3.36. The Balaban J connectivity index is 2.77. The molecule has 90 valence electrons. The van der Waals surface area contributed by atoms with Crippen molar-refractivity contribution in [3.8, 4) is 0 Å². The summed E-state index contributed by atoms with van der Waals surface area (Å²) in [5.41, 5.74) is -2.92. The lowest BCUT2D eigenvalue weighted by molar-refractivity contribution is -0.206. The molecule has 1 aromatic heterocycles. The predicted molar refractivity (Wildman–Crippen MR) is 53.3 cm³/mol. The van der Waals surface area contributed by atoms with E-state index in [0.29, 0.717) is 11.8 Å². The monoisotopic (exact) mass is 253 g/mol. The Kier molecular flexibility index (Phi) is 3.59. The van der Waals surface area contributed by atoms with Crippen molar-refractivity contribution in [2.45, 2.75) is 25.2 Å². The molecule has 3 nitrogen and oxygen atoms in total. The van der Waals surface area contributed by atoms with Gasteiger partial charge in [0.2, 0.25) is 5.54 Å². The van der Waals surface area contributed by atoms with Crippen LogP contribution in [0.2, 0.25) is 0 Å². The number of alkyl halides is 3. The van der Waals surface area contributed by atoms with E-state index in [1.54, 1.807) is 17.5 Å². The lowest BCUT2D eigenvalue weighted by atomic mass is 10.0. The summed E-state index contributed by atoms with van der Waals surface area (Å²) in [4.78, 5) is 11.3. The van der Waals surface area contributed by atoms with E-state index in [1.807, 2.05) is 5.32 Å². The number of carboxylic acids is 1. The second kappa shape index (κ2) is 4.42. The van der Waals surface area contributed by atoms with E-state index < -0.39 is 17.7 Å². The van der Waals surface area contributed by atoms with Gasteiger partial charge in [-0.1, -0.05) is 6.07 Å². The molecule has 0 aromatic carbocycles. The highest BCUT2D eigenvalue weighted by Gasteiger charge is 2.57. The summed E-state index contributed by atoms with van der Waals surface area (Å²) in [6.07, 6.45) is -4.84. The van der Waals surface area contributed by atoms with Crippen molar-refractivity contribution in [3.63, 3.8) is 0 Å². The fourth-order valence-electron chi connectivity index (χ4n) is 0.974. The van der Waals surface area contributed by atoms with Crippen LogP contribution in [0.1, 0.15) is 11.8 Å². The molecule has 1 rings (SSSR count). The first-order valence-electron chi connectivity index (χ1n) is 4.35. The molecule has 0 saturated heterocycles. The van der Waals surface area contributed by atoms with Gasteiger partial charge in [0.25, 0.3) is 0 Å². The molecule has 0 radical (unpaired) electrons. The molecule has 16 heavy (non-hydrogen) atoms. The van der Waals surface area contributed by atoms with Gasteiger partial charge in [-0.25, -0.2) is 4.79 Å². The third kappa shape index (κ3) is 2.53. The van der Waals surface area contributed by atoms with Gasteiger partial charge in [-0.2, -0.15) is 13.2 Å². The summed E-state index contributed by atoms with van der Waals surface area (Å²) in [6, 6.07) is 3.32. The number of thiophene rings is 1. The summed E-state index contributed by atoms with van der Waals surface area (Å²) < 4.78 is 37.6. The van der Waals surface area contributed by atoms with E-state index in [2.05, 4.69) is 0 Å². The van der Waals surface area contributed by atoms with Crippen molar-refractivity contribution in [2.75, 3.05) is 0 Å². The van der Waals surface area contributed by atoms with E-state index in [-0.39, 0.29) is 6.54 Å². The number of aliphatic carboxylic acids is 1. The van der Waals surface area contributed by atoms with Crippen LogP contribution in [0.15, 0.2) is 17.5 Å². The molecule has 2 N–H and O–H groups in total. The van der Waals surface area contributed by atoms with Crippen molar-refractivity contribution in [2.24, 2.45) is 0 Å². The maximum absolute atomic E-state index is 12.5. The van der Waals surface area contributed by atoms with Gasteiger partial charge in [0.1, 0.15) is 0 Å². The van der Waals surface area contributed by atoms with Crippen LogP contribution in [-0.2, 0) is 11.3 Å². The van der Waals surface area contributed by atoms with E-state index in [1.165, 1.54) is 11.3 Å². The van der Waals surface area contributed by atoms with Gasteiger partial charge in [-0.05, 0) is 18.4 Å². The van der Waals surface area contributed by atoms with Crippen LogP contribution in [0.5, 0.6) is 0 Å². The number of hydrogen-bond acceptors (Lipinski definition) is 3. The fourth-order valence-corrected chi connectivity index (χ4v) is 1.62. The lowest BCUT2D eigenvalue weighted by Crippen LogP contribution is -2.59. The highest BCUT2D eigenvalue weighted by atomic mass is 32.1. The van der Waals surface area contributed by atoms with Crippen molar-refractivity contribution in [1.29, 1.82) is 0 Å². The summed E-state index contributed by atoms with van der Waals surface area (Å²) in [6.45, 7) is 0.489. The van der Waals surface area contributed by atoms with Crippen LogP contribution in [0.3, 0.4) is 0 Å². The third-order valence-electron chi connectivity index (χ3n) is 2.19. The predicted octanol–water partition coefficient (Wildman–Crippen LogP) is 2.24. The van der Waals surface area contributed by atoms with Crippen molar-refractivity contribution < 1.29 is 23.1 Å². The molecule has 1 aromatic rings. The molecule has 7 heteroatoms. The molecule has 0 saturated carbocycles. The molecule has 1 atom stereocenters. The van der Waals surface area contributed by atoms with Crippen LogP contribution in [0.25, 0.3) is 0 Å². The number of carboxylic acid groups (broad SMARTS) is 1. The molecule has 0 aliphatic heterocycles. The van der Waals surface area contributed by atoms with Crippen LogP contribution >= 0.6 is 11.3 Å². The quantitative estimate of drug-likeness (QED) is 0.865. The number of halogens is 3. The molecular formula is C9H10F3NO2S. The summed E-state index contributed by atoms with van der Waals surface area (Å²) in [5, 5.41) is 12.4. The van der Waals surface area contributed by atoms with Crippen LogP contribution in [0.4, 0.5) is 13.2 Å². The van der Waals surface area contributed by atoms with E-state index in [9.17, 15) is 18.0 Å². The average molecular weight is 253 g/mol. The molecular weight excluding hydrogens is 243 g/mol. The molecule has 0 amide bonds. The minimum absolute atomic E-state index is 0.125. The highest BCUT2D eigenvalue weighted by molar-refractivity contribution is 7.09. The number of carbonyl (C=O) groups is 1. The van der Waals surface area contributed by atoms with E-state index >= 15 is 0 Å².